The van der Waals surface area contributed by atoms with Gasteiger partial charge in [-0.1, -0.05) is 44.2 Å². The molecule has 1 nitrogen and oxygen atoms in total. The third-order valence-corrected chi connectivity index (χ3v) is 4.04. The lowest BCUT2D eigenvalue weighted by Crippen LogP contribution is -2.05. The second-order valence-corrected chi connectivity index (χ2v) is 6.56. The molecule has 0 aliphatic carbocycles. The highest BCUT2D eigenvalue weighted by Crippen LogP contribution is 2.27. The summed E-state index contributed by atoms with van der Waals surface area (Å²) in [5, 5.41) is 0. The van der Waals surface area contributed by atoms with E-state index in [9.17, 15) is 8.78 Å². The van der Waals surface area contributed by atoms with Gasteiger partial charge in [-0.25, -0.2) is 8.78 Å². The summed E-state index contributed by atoms with van der Waals surface area (Å²) in [4.78, 5) is 0. The zero-order valence-corrected chi connectivity index (χ0v) is 14.0. The highest BCUT2D eigenvalue weighted by atomic mass is 19.1. The molecule has 2 aromatic carbocycles. The van der Waals surface area contributed by atoms with Crippen molar-refractivity contribution in [3.63, 3.8) is 0 Å². The van der Waals surface area contributed by atoms with Crippen molar-refractivity contribution in [3.05, 3.63) is 83.7 Å². The van der Waals surface area contributed by atoms with Gasteiger partial charge in [0.1, 0.15) is 11.6 Å². The standard InChI is InChI=1S/C21H21F2N/c1-15(2)10-19-11-17(20-12-18(22)8-9-21(20)23)14-24(19)13-16-6-4-3-5-7-16/h3-9,11-12,14-15H,10,13H2,1-2H3. The number of benzene rings is 2. The van der Waals surface area contributed by atoms with Crippen LogP contribution in [-0.4, -0.2) is 4.57 Å². The third-order valence-electron chi connectivity index (χ3n) is 4.04. The van der Waals surface area contributed by atoms with Gasteiger partial charge in [0.25, 0.3) is 0 Å². The summed E-state index contributed by atoms with van der Waals surface area (Å²) in [6, 6.07) is 15.7. The predicted octanol–water partition coefficient (Wildman–Crippen LogP) is 5.68. The fourth-order valence-electron chi connectivity index (χ4n) is 2.94. The van der Waals surface area contributed by atoms with E-state index in [1.54, 1.807) is 0 Å². The van der Waals surface area contributed by atoms with Crippen LogP contribution in [0, 0.1) is 17.6 Å². The molecule has 0 N–H and O–H groups in total. The van der Waals surface area contributed by atoms with E-state index >= 15 is 0 Å². The van der Waals surface area contributed by atoms with Crippen LogP contribution in [0.1, 0.15) is 25.1 Å². The minimum atomic E-state index is -0.424. The van der Waals surface area contributed by atoms with Gasteiger partial charge >= 0.3 is 0 Å². The van der Waals surface area contributed by atoms with Crippen LogP contribution in [0.4, 0.5) is 8.78 Å². The van der Waals surface area contributed by atoms with Gasteiger partial charge in [-0.15, -0.1) is 0 Å². The van der Waals surface area contributed by atoms with E-state index in [4.69, 9.17) is 0 Å². The van der Waals surface area contributed by atoms with Gasteiger partial charge in [-0.3, -0.25) is 0 Å². The Bertz CT molecular complexity index is 819. The predicted molar refractivity (Wildman–Crippen MR) is 93.9 cm³/mol. The van der Waals surface area contributed by atoms with Gasteiger partial charge in [0.2, 0.25) is 0 Å². The fourth-order valence-corrected chi connectivity index (χ4v) is 2.94. The Labute approximate surface area is 141 Å². The van der Waals surface area contributed by atoms with Crippen molar-refractivity contribution in [3.8, 4) is 11.1 Å². The first kappa shape index (κ1) is 16.4. The number of halogens is 2. The average Bonchev–Trinajstić information content (AvgIpc) is 2.92. The maximum Gasteiger partial charge on any atom is 0.131 e. The second kappa shape index (κ2) is 7.00. The molecule has 0 bridgehead atoms. The average molecular weight is 325 g/mol. The Balaban J connectivity index is 2.01. The number of hydrogen-bond acceptors (Lipinski definition) is 0. The van der Waals surface area contributed by atoms with E-state index in [0.717, 1.165) is 30.3 Å². The summed E-state index contributed by atoms with van der Waals surface area (Å²) in [6.45, 7) is 5.03. The van der Waals surface area contributed by atoms with Crippen LogP contribution in [0.2, 0.25) is 0 Å². The first-order valence-corrected chi connectivity index (χ1v) is 8.21. The zero-order chi connectivity index (χ0) is 17.1. The first-order valence-electron chi connectivity index (χ1n) is 8.21. The SMILES string of the molecule is CC(C)Cc1cc(-c2cc(F)ccc2F)cn1Cc1ccccc1. The van der Waals surface area contributed by atoms with Crippen LogP contribution in [0.15, 0.2) is 60.8 Å². The van der Waals surface area contributed by atoms with Crippen molar-refractivity contribution in [2.75, 3.05) is 0 Å². The van der Waals surface area contributed by atoms with Crippen molar-refractivity contribution < 1.29 is 8.78 Å². The summed E-state index contributed by atoms with van der Waals surface area (Å²) in [5.74, 6) is -0.336. The van der Waals surface area contributed by atoms with Crippen molar-refractivity contribution in [2.24, 2.45) is 5.92 Å². The van der Waals surface area contributed by atoms with Crippen molar-refractivity contribution in [1.29, 1.82) is 0 Å². The Morgan fingerprint density at radius 3 is 2.42 bits per heavy atom. The highest BCUT2D eigenvalue weighted by molar-refractivity contribution is 5.64. The van der Waals surface area contributed by atoms with Gasteiger partial charge in [0, 0.05) is 29.6 Å². The second-order valence-electron chi connectivity index (χ2n) is 6.56. The van der Waals surface area contributed by atoms with Crippen molar-refractivity contribution in [2.45, 2.75) is 26.8 Å². The Hall–Kier alpha value is -2.42. The fraction of sp³-hybridized carbons (Fsp3) is 0.238. The van der Waals surface area contributed by atoms with Crippen molar-refractivity contribution >= 4 is 0 Å². The minimum Gasteiger partial charge on any atom is -0.346 e. The van der Waals surface area contributed by atoms with Gasteiger partial charge in [0.05, 0.1) is 0 Å². The molecule has 1 aromatic heterocycles. The zero-order valence-electron chi connectivity index (χ0n) is 14.0. The molecule has 0 spiro atoms. The molecule has 0 aliphatic rings. The molecule has 0 saturated carbocycles. The van der Waals surface area contributed by atoms with E-state index in [-0.39, 0.29) is 0 Å². The number of hydrogen-bond donors (Lipinski definition) is 0. The third kappa shape index (κ3) is 3.73. The van der Waals surface area contributed by atoms with E-state index in [0.29, 0.717) is 11.5 Å². The van der Waals surface area contributed by atoms with E-state index < -0.39 is 11.6 Å². The Kier molecular flexibility index (Phi) is 4.79. The monoisotopic (exact) mass is 325 g/mol. The Morgan fingerprint density at radius 1 is 0.958 bits per heavy atom. The quantitative estimate of drug-likeness (QED) is 0.569. The smallest absolute Gasteiger partial charge is 0.131 e. The number of nitrogens with zero attached hydrogens (tertiary/aromatic N) is 1. The summed E-state index contributed by atoms with van der Waals surface area (Å²) >= 11 is 0. The van der Waals surface area contributed by atoms with Crippen LogP contribution in [0.5, 0.6) is 0 Å². The van der Waals surface area contributed by atoms with E-state index in [1.807, 2.05) is 30.5 Å². The van der Waals surface area contributed by atoms with E-state index in [1.165, 1.54) is 17.7 Å². The maximum atomic E-state index is 14.1. The van der Waals surface area contributed by atoms with Gasteiger partial charge in [0.15, 0.2) is 0 Å². The lowest BCUT2D eigenvalue weighted by molar-refractivity contribution is 0.603. The lowest BCUT2D eigenvalue weighted by atomic mass is 10.1. The summed E-state index contributed by atoms with van der Waals surface area (Å²) in [7, 11) is 0. The molecule has 0 saturated heterocycles. The number of aromatic nitrogens is 1. The topological polar surface area (TPSA) is 4.93 Å². The molecule has 1 heterocycles. The molecule has 3 rings (SSSR count). The van der Waals surface area contributed by atoms with Crippen LogP contribution in [0.25, 0.3) is 11.1 Å². The molecular weight excluding hydrogens is 304 g/mol. The first-order chi connectivity index (χ1) is 11.5. The molecule has 0 aliphatic heterocycles. The molecule has 3 heteroatoms. The van der Waals surface area contributed by atoms with Gasteiger partial charge < -0.3 is 4.57 Å². The molecule has 0 radical (unpaired) electrons. The largest absolute Gasteiger partial charge is 0.346 e. The number of rotatable bonds is 5. The van der Waals surface area contributed by atoms with Gasteiger partial charge in [-0.2, -0.15) is 0 Å². The van der Waals surface area contributed by atoms with Crippen molar-refractivity contribution in [1.82, 2.24) is 4.57 Å². The van der Waals surface area contributed by atoms with Crippen LogP contribution >= 0.6 is 0 Å². The molecule has 24 heavy (non-hydrogen) atoms. The Morgan fingerprint density at radius 2 is 1.71 bits per heavy atom. The lowest BCUT2D eigenvalue weighted by Gasteiger charge is -2.11. The molecular formula is C21H21F2N. The minimum absolute atomic E-state index is 0.312. The maximum absolute atomic E-state index is 14.1. The summed E-state index contributed by atoms with van der Waals surface area (Å²) < 4.78 is 29.8. The highest BCUT2D eigenvalue weighted by Gasteiger charge is 2.13. The van der Waals surface area contributed by atoms with E-state index in [2.05, 4.69) is 30.5 Å². The molecule has 0 amide bonds. The van der Waals surface area contributed by atoms with Gasteiger partial charge in [-0.05, 0) is 42.2 Å². The molecule has 124 valence electrons. The normalized spacial score (nSPS) is 11.2. The molecule has 0 unspecified atom stereocenters. The molecule has 0 atom stereocenters. The van der Waals surface area contributed by atoms with Crippen LogP contribution in [0.3, 0.4) is 0 Å². The van der Waals surface area contributed by atoms with Crippen LogP contribution in [-0.2, 0) is 13.0 Å². The molecule has 0 fully saturated rings. The summed E-state index contributed by atoms with van der Waals surface area (Å²) in [5.41, 5.74) is 3.35. The summed E-state index contributed by atoms with van der Waals surface area (Å²) in [6.07, 6.45) is 2.81. The van der Waals surface area contributed by atoms with Crippen LogP contribution < -0.4 is 0 Å². The molecule has 3 aromatic rings.